The molecule has 0 aliphatic rings. The molecule has 2 aromatic carbocycles. The molecule has 2 aromatic heterocycles. The van der Waals surface area contributed by atoms with Gasteiger partial charge in [-0.25, -0.2) is 0 Å². The maximum Gasteiger partial charge on any atom is 0.300 e. The van der Waals surface area contributed by atoms with Crippen LogP contribution in [0.15, 0.2) is 70.9 Å². The van der Waals surface area contributed by atoms with Crippen LogP contribution in [-0.4, -0.2) is 37.9 Å². The molecule has 0 saturated heterocycles. The van der Waals surface area contributed by atoms with Crippen molar-refractivity contribution in [2.75, 3.05) is 12.9 Å². The minimum atomic E-state index is -0.338. The number of fused-ring (bicyclic) bond motifs is 1. The van der Waals surface area contributed by atoms with E-state index in [-0.39, 0.29) is 22.9 Å². The number of benzene rings is 2. The van der Waals surface area contributed by atoms with Gasteiger partial charge in [0, 0.05) is 24.0 Å². The quantitative estimate of drug-likeness (QED) is 0.431. The van der Waals surface area contributed by atoms with E-state index >= 15 is 0 Å². The SMILES string of the molecule is COc1ccccc1-n1ccn2c(SCC(=O)NCc3ccccc3Cl)nnc2c1=O. The lowest BCUT2D eigenvalue weighted by molar-refractivity contribution is -0.118. The summed E-state index contributed by atoms with van der Waals surface area (Å²) in [7, 11) is 1.55. The van der Waals surface area contributed by atoms with Gasteiger partial charge in [-0.3, -0.25) is 18.6 Å². The topological polar surface area (TPSA) is 90.5 Å². The molecule has 0 atom stereocenters. The molecule has 4 aromatic rings. The molecule has 1 amide bonds. The summed E-state index contributed by atoms with van der Waals surface area (Å²) >= 11 is 7.30. The lowest BCUT2D eigenvalue weighted by Gasteiger charge is -2.10. The predicted octanol–water partition coefficient (Wildman–Crippen LogP) is 2.95. The molecular weight excluding hydrogens is 438 g/mol. The van der Waals surface area contributed by atoms with Crippen LogP contribution in [0.4, 0.5) is 0 Å². The molecule has 0 saturated carbocycles. The number of hydrogen-bond donors (Lipinski definition) is 1. The molecule has 31 heavy (non-hydrogen) atoms. The first-order valence-corrected chi connectivity index (χ1v) is 10.7. The van der Waals surface area contributed by atoms with E-state index in [1.165, 1.54) is 16.3 Å². The average molecular weight is 456 g/mol. The Bertz CT molecular complexity index is 1300. The second kappa shape index (κ2) is 9.23. The number of hydrogen-bond acceptors (Lipinski definition) is 6. The van der Waals surface area contributed by atoms with Gasteiger partial charge in [0.05, 0.1) is 18.6 Å². The second-order valence-electron chi connectivity index (χ2n) is 6.48. The van der Waals surface area contributed by atoms with E-state index in [0.29, 0.717) is 28.2 Å². The van der Waals surface area contributed by atoms with Crippen LogP contribution < -0.4 is 15.6 Å². The number of ether oxygens (including phenoxy) is 1. The molecule has 0 spiro atoms. The number of methoxy groups -OCH3 is 1. The Morgan fingerprint density at radius 2 is 1.90 bits per heavy atom. The first-order chi connectivity index (χ1) is 15.1. The monoisotopic (exact) mass is 455 g/mol. The lowest BCUT2D eigenvalue weighted by Crippen LogP contribution is -2.25. The van der Waals surface area contributed by atoms with Crippen LogP contribution in [0.5, 0.6) is 5.75 Å². The zero-order chi connectivity index (χ0) is 21.8. The zero-order valence-electron chi connectivity index (χ0n) is 16.5. The van der Waals surface area contributed by atoms with Crippen molar-refractivity contribution in [2.24, 2.45) is 0 Å². The fourth-order valence-electron chi connectivity index (χ4n) is 3.00. The number of nitrogens with zero attached hydrogens (tertiary/aromatic N) is 4. The lowest BCUT2D eigenvalue weighted by atomic mass is 10.2. The van der Waals surface area contributed by atoms with Crippen LogP contribution in [0.25, 0.3) is 11.3 Å². The zero-order valence-corrected chi connectivity index (χ0v) is 18.1. The van der Waals surface area contributed by atoms with Crippen LogP contribution >= 0.6 is 23.4 Å². The summed E-state index contributed by atoms with van der Waals surface area (Å²) in [5, 5.41) is 12.0. The minimum absolute atomic E-state index is 0.126. The Hall–Kier alpha value is -3.30. The molecule has 0 bridgehead atoms. The molecule has 1 N–H and O–H groups in total. The molecule has 0 aliphatic heterocycles. The van der Waals surface area contributed by atoms with Gasteiger partial charge in [0.2, 0.25) is 11.6 Å². The number of para-hydroxylation sites is 2. The maximum absolute atomic E-state index is 12.9. The Balaban J connectivity index is 1.48. The van der Waals surface area contributed by atoms with Gasteiger partial charge in [0.15, 0.2) is 5.16 Å². The highest BCUT2D eigenvalue weighted by molar-refractivity contribution is 7.99. The van der Waals surface area contributed by atoms with Crippen molar-refractivity contribution >= 4 is 34.9 Å². The standard InChI is InChI=1S/C21H18ClN5O3S/c1-30-17-9-5-4-8-16(17)26-10-11-27-19(20(26)29)24-25-21(27)31-13-18(28)23-12-14-6-2-3-7-15(14)22/h2-11H,12-13H2,1H3,(H,23,28). The Labute approximate surface area is 186 Å². The number of amides is 1. The molecule has 158 valence electrons. The molecule has 4 rings (SSSR count). The number of rotatable bonds is 7. The molecule has 8 nitrogen and oxygen atoms in total. The van der Waals surface area contributed by atoms with Crippen LogP contribution in [0.3, 0.4) is 0 Å². The fourth-order valence-corrected chi connectivity index (χ4v) is 3.95. The third-order valence-corrected chi connectivity index (χ3v) is 5.86. The third kappa shape index (κ3) is 4.42. The van der Waals surface area contributed by atoms with Crippen molar-refractivity contribution in [3.8, 4) is 11.4 Å². The largest absolute Gasteiger partial charge is 0.495 e. The van der Waals surface area contributed by atoms with Gasteiger partial charge in [-0.2, -0.15) is 0 Å². The number of carbonyl (C=O) groups is 1. The van der Waals surface area contributed by atoms with Crippen molar-refractivity contribution in [1.29, 1.82) is 0 Å². The van der Waals surface area contributed by atoms with Crippen molar-refractivity contribution in [3.63, 3.8) is 0 Å². The summed E-state index contributed by atoms with van der Waals surface area (Å²) < 4.78 is 8.36. The van der Waals surface area contributed by atoms with Crippen molar-refractivity contribution < 1.29 is 9.53 Å². The van der Waals surface area contributed by atoms with Gasteiger partial charge in [-0.1, -0.05) is 53.7 Å². The van der Waals surface area contributed by atoms with Crippen molar-refractivity contribution in [2.45, 2.75) is 11.7 Å². The Kier molecular flexibility index (Phi) is 6.24. The summed E-state index contributed by atoms with van der Waals surface area (Å²) in [4.78, 5) is 25.1. The highest BCUT2D eigenvalue weighted by Gasteiger charge is 2.15. The van der Waals surface area contributed by atoms with Gasteiger partial charge >= 0.3 is 5.56 Å². The van der Waals surface area contributed by atoms with E-state index in [1.54, 1.807) is 42.1 Å². The van der Waals surface area contributed by atoms with Gasteiger partial charge in [0.25, 0.3) is 0 Å². The molecular formula is C21H18ClN5O3S. The van der Waals surface area contributed by atoms with Crippen molar-refractivity contribution in [1.82, 2.24) is 24.5 Å². The van der Waals surface area contributed by atoms with Crippen LogP contribution in [0.1, 0.15) is 5.56 Å². The van der Waals surface area contributed by atoms with Crippen LogP contribution in [-0.2, 0) is 11.3 Å². The van der Waals surface area contributed by atoms with E-state index in [4.69, 9.17) is 16.3 Å². The summed E-state index contributed by atoms with van der Waals surface area (Å²) in [5.74, 6) is 0.517. The van der Waals surface area contributed by atoms with Crippen molar-refractivity contribution in [3.05, 3.63) is 81.9 Å². The molecule has 0 fully saturated rings. The van der Waals surface area contributed by atoms with E-state index in [9.17, 15) is 9.59 Å². The Morgan fingerprint density at radius 1 is 1.13 bits per heavy atom. The number of aromatic nitrogens is 4. The minimum Gasteiger partial charge on any atom is -0.495 e. The number of nitrogens with one attached hydrogen (secondary N) is 1. The van der Waals surface area contributed by atoms with E-state index in [2.05, 4.69) is 15.5 Å². The number of carbonyl (C=O) groups excluding carboxylic acids is 1. The van der Waals surface area contributed by atoms with Gasteiger partial charge < -0.3 is 10.1 Å². The predicted molar refractivity (Wildman–Crippen MR) is 119 cm³/mol. The number of thioether (sulfide) groups is 1. The smallest absolute Gasteiger partial charge is 0.300 e. The fraction of sp³-hybridized carbons (Fsp3) is 0.143. The summed E-state index contributed by atoms with van der Waals surface area (Å²) in [6, 6.07) is 14.5. The van der Waals surface area contributed by atoms with E-state index in [1.807, 2.05) is 30.3 Å². The Morgan fingerprint density at radius 3 is 2.71 bits per heavy atom. The van der Waals surface area contributed by atoms with E-state index < -0.39 is 0 Å². The third-order valence-electron chi connectivity index (χ3n) is 4.55. The van der Waals surface area contributed by atoms with Gasteiger partial charge in [-0.15, -0.1) is 10.2 Å². The van der Waals surface area contributed by atoms with Gasteiger partial charge in [0.1, 0.15) is 5.75 Å². The highest BCUT2D eigenvalue weighted by Crippen LogP contribution is 2.21. The van der Waals surface area contributed by atoms with E-state index in [0.717, 1.165) is 5.56 Å². The first-order valence-electron chi connectivity index (χ1n) is 9.31. The van der Waals surface area contributed by atoms with Crippen LogP contribution in [0.2, 0.25) is 5.02 Å². The summed E-state index contributed by atoms with van der Waals surface area (Å²) in [5.41, 5.74) is 1.27. The molecule has 2 heterocycles. The summed E-state index contributed by atoms with van der Waals surface area (Å²) in [6.07, 6.45) is 3.31. The molecule has 0 aliphatic carbocycles. The normalized spacial score (nSPS) is 10.9. The maximum atomic E-state index is 12.9. The first kappa shape index (κ1) is 21.0. The summed E-state index contributed by atoms with van der Waals surface area (Å²) in [6.45, 7) is 0.337. The molecule has 10 heteroatoms. The second-order valence-corrected chi connectivity index (χ2v) is 7.83. The number of halogens is 1. The average Bonchev–Trinajstić information content (AvgIpc) is 3.21. The highest BCUT2D eigenvalue weighted by atomic mass is 35.5. The van der Waals surface area contributed by atoms with Crippen LogP contribution in [0, 0.1) is 0 Å². The molecule has 0 radical (unpaired) electrons. The van der Waals surface area contributed by atoms with Gasteiger partial charge in [-0.05, 0) is 23.8 Å². The molecule has 0 unspecified atom stereocenters.